The Morgan fingerprint density at radius 1 is 1.07 bits per heavy atom. The molecular weight excluding hydrogens is 535 g/mol. The summed E-state index contributed by atoms with van der Waals surface area (Å²) in [5.41, 5.74) is -0.00784. The van der Waals surface area contributed by atoms with E-state index in [1.165, 1.54) is 31.5 Å². The third kappa shape index (κ3) is 4.57. The van der Waals surface area contributed by atoms with Crippen LogP contribution in [0.1, 0.15) is 55.6 Å². The van der Waals surface area contributed by atoms with Crippen LogP contribution in [0.25, 0.3) is 38.6 Å². The summed E-state index contributed by atoms with van der Waals surface area (Å²) in [6, 6.07) is 10.9. The Kier molecular flexibility index (Phi) is 7.63. The topological polar surface area (TPSA) is 100 Å². The van der Waals surface area contributed by atoms with Crippen molar-refractivity contribution < 1.29 is 32.9 Å². The lowest BCUT2D eigenvalue weighted by Crippen LogP contribution is -2.45. The predicted octanol–water partition coefficient (Wildman–Crippen LogP) is 7.09. The number of hydrogen-bond acceptors (Lipinski definition) is 4. The predicted molar refractivity (Wildman–Crippen MR) is 150 cm³/mol. The van der Waals surface area contributed by atoms with Crippen molar-refractivity contribution in [1.29, 1.82) is 0 Å². The number of methoxy groups -OCH3 is 1. The van der Waals surface area contributed by atoms with Gasteiger partial charge in [-0.05, 0) is 55.2 Å². The van der Waals surface area contributed by atoms with E-state index in [4.69, 9.17) is 4.74 Å². The number of nitrogens with zero attached hydrogens (tertiary/aromatic N) is 2. The molecule has 214 valence electrons. The van der Waals surface area contributed by atoms with Crippen molar-refractivity contribution in [2.75, 3.05) is 7.11 Å². The number of rotatable bonds is 5. The van der Waals surface area contributed by atoms with Gasteiger partial charge in [-0.1, -0.05) is 32.4 Å². The molecule has 2 heterocycles. The van der Waals surface area contributed by atoms with E-state index in [2.05, 4.69) is 10.2 Å². The number of carbonyl (C=O) groups is 1. The van der Waals surface area contributed by atoms with Crippen molar-refractivity contribution in [2.24, 2.45) is 0 Å². The summed E-state index contributed by atoms with van der Waals surface area (Å²) in [5, 5.41) is 29.0. The number of carboxylic acids is 1. The first-order valence-electron chi connectivity index (χ1n) is 13.5. The SMILES string of the molecule is CC.COC1CCCCC1(O)c1c(-c2ccc(C(=O)O)cc2)c2c(F)c3[nH]ncc3cc2n1-c1ccc(F)c(F)c1. The molecule has 1 saturated carbocycles. The molecule has 1 aliphatic carbocycles. The molecule has 0 saturated heterocycles. The molecule has 0 aliphatic heterocycles. The minimum Gasteiger partial charge on any atom is -0.478 e. The Hall–Kier alpha value is -4.15. The highest BCUT2D eigenvalue weighted by Gasteiger charge is 2.46. The van der Waals surface area contributed by atoms with Crippen LogP contribution in [0.15, 0.2) is 54.7 Å². The summed E-state index contributed by atoms with van der Waals surface area (Å²) < 4.78 is 52.2. The van der Waals surface area contributed by atoms with Crippen LogP contribution < -0.4 is 0 Å². The van der Waals surface area contributed by atoms with Gasteiger partial charge in [0.1, 0.15) is 11.1 Å². The molecule has 5 aromatic rings. The van der Waals surface area contributed by atoms with Gasteiger partial charge in [0.2, 0.25) is 0 Å². The minimum atomic E-state index is -1.64. The van der Waals surface area contributed by atoms with E-state index >= 15 is 4.39 Å². The first-order valence-corrected chi connectivity index (χ1v) is 13.5. The van der Waals surface area contributed by atoms with Gasteiger partial charge in [0.15, 0.2) is 17.5 Å². The fourth-order valence-corrected chi connectivity index (χ4v) is 5.87. The van der Waals surface area contributed by atoms with Crippen LogP contribution >= 0.6 is 0 Å². The summed E-state index contributed by atoms with van der Waals surface area (Å²) >= 11 is 0. The molecule has 3 N–H and O–H groups in total. The molecule has 3 aromatic carbocycles. The number of aliphatic hydroxyl groups is 1. The molecule has 1 aliphatic rings. The zero-order valence-corrected chi connectivity index (χ0v) is 22.8. The minimum absolute atomic E-state index is 0.0345. The van der Waals surface area contributed by atoms with E-state index in [0.29, 0.717) is 34.9 Å². The van der Waals surface area contributed by atoms with Crippen molar-refractivity contribution in [3.63, 3.8) is 0 Å². The number of halogens is 3. The zero-order valence-electron chi connectivity index (χ0n) is 22.8. The van der Waals surface area contributed by atoms with E-state index < -0.39 is 35.1 Å². The van der Waals surface area contributed by atoms with Crippen LogP contribution in [0.4, 0.5) is 13.2 Å². The average molecular weight is 566 g/mol. The van der Waals surface area contributed by atoms with Crippen LogP contribution in [-0.4, -0.2) is 44.2 Å². The maximum atomic E-state index is 16.4. The second kappa shape index (κ2) is 11.0. The molecule has 2 unspecified atom stereocenters. The number of aromatic amines is 1. The van der Waals surface area contributed by atoms with Gasteiger partial charge in [0.25, 0.3) is 0 Å². The summed E-state index contributed by atoms with van der Waals surface area (Å²) in [5.74, 6) is -3.91. The molecule has 10 heteroatoms. The lowest BCUT2D eigenvalue weighted by Gasteiger charge is -2.40. The van der Waals surface area contributed by atoms with Gasteiger partial charge >= 0.3 is 5.97 Å². The number of ether oxygens (including phenoxy) is 1. The molecule has 6 rings (SSSR count). The molecule has 0 amide bonds. The van der Waals surface area contributed by atoms with Crippen molar-refractivity contribution in [3.05, 3.63) is 83.4 Å². The second-order valence-corrected chi connectivity index (χ2v) is 9.85. The van der Waals surface area contributed by atoms with Crippen LogP contribution in [-0.2, 0) is 10.3 Å². The van der Waals surface area contributed by atoms with Gasteiger partial charge in [-0.2, -0.15) is 5.10 Å². The number of benzene rings is 3. The largest absolute Gasteiger partial charge is 0.478 e. The average Bonchev–Trinajstić information content (AvgIpc) is 3.60. The summed E-state index contributed by atoms with van der Waals surface area (Å²) in [7, 11) is 1.49. The van der Waals surface area contributed by atoms with Crippen LogP contribution in [0.3, 0.4) is 0 Å². The Morgan fingerprint density at radius 3 is 2.46 bits per heavy atom. The molecular formula is C31H30F3N3O4. The van der Waals surface area contributed by atoms with Gasteiger partial charge in [0.05, 0.1) is 29.1 Å². The fourth-order valence-electron chi connectivity index (χ4n) is 5.87. The molecule has 2 atom stereocenters. The van der Waals surface area contributed by atoms with E-state index in [1.54, 1.807) is 22.8 Å². The monoisotopic (exact) mass is 565 g/mol. The number of hydrogen-bond donors (Lipinski definition) is 3. The van der Waals surface area contributed by atoms with Gasteiger partial charge in [-0.15, -0.1) is 0 Å². The third-order valence-corrected chi connectivity index (χ3v) is 7.69. The van der Waals surface area contributed by atoms with Gasteiger partial charge in [-0.3, -0.25) is 5.10 Å². The Balaban J connectivity index is 0.00000165. The molecule has 41 heavy (non-hydrogen) atoms. The Labute approximate surface area is 234 Å². The molecule has 2 aromatic heterocycles. The molecule has 1 fully saturated rings. The first kappa shape index (κ1) is 28.4. The summed E-state index contributed by atoms with van der Waals surface area (Å²) in [6.45, 7) is 4.00. The number of carboxylic acid groups (broad SMARTS) is 1. The number of fused-ring (bicyclic) bond motifs is 2. The van der Waals surface area contributed by atoms with Crippen LogP contribution in [0, 0.1) is 17.5 Å². The maximum absolute atomic E-state index is 16.4. The normalized spacial score (nSPS) is 18.9. The third-order valence-electron chi connectivity index (χ3n) is 7.69. The van der Waals surface area contributed by atoms with Gasteiger partial charge in [0, 0.05) is 35.2 Å². The highest BCUT2D eigenvalue weighted by Crippen LogP contribution is 2.49. The second-order valence-electron chi connectivity index (χ2n) is 9.85. The lowest BCUT2D eigenvalue weighted by atomic mass is 9.77. The number of H-pyrrole nitrogens is 1. The van der Waals surface area contributed by atoms with E-state index in [1.807, 2.05) is 13.8 Å². The van der Waals surface area contributed by atoms with Crippen molar-refractivity contribution >= 4 is 27.8 Å². The highest BCUT2D eigenvalue weighted by molar-refractivity contribution is 6.06. The quantitative estimate of drug-likeness (QED) is 0.211. The maximum Gasteiger partial charge on any atom is 0.335 e. The Bertz CT molecular complexity index is 1750. The number of aromatic nitrogens is 3. The first-order chi connectivity index (χ1) is 19.7. The standard InChI is InChI=1S/C29H24F3N3O4.C2H6/c1-39-22-4-2-3-11-29(22,38)27-23(15-5-7-16(8-6-15)28(36)37)24-21(12-17-14-33-34-26(17)25(24)32)35(27)18-9-10-19(30)20(31)13-18;1-2/h5-10,12-14,22,38H,2-4,11H2,1H3,(H,33,34)(H,36,37);1-2H3. The summed E-state index contributed by atoms with van der Waals surface area (Å²) in [6.07, 6.45) is 3.03. The number of nitrogens with one attached hydrogen (secondary N) is 1. The molecule has 0 bridgehead atoms. The van der Waals surface area contributed by atoms with Crippen LogP contribution in [0.2, 0.25) is 0 Å². The molecule has 0 radical (unpaired) electrons. The molecule has 0 spiro atoms. The highest BCUT2D eigenvalue weighted by atomic mass is 19.2. The van der Waals surface area contributed by atoms with E-state index in [-0.39, 0.29) is 34.3 Å². The van der Waals surface area contributed by atoms with Gasteiger partial charge in [-0.25, -0.2) is 18.0 Å². The van der Waals surface area contributed by atoms with Gasteiger partial charge < -0.3 is 19.5 Å². The smallest absolute Gasteiger partial charge is 0.335 e. The van der Waals surface area contributed by atoms with E-state index in [9.17, 15) is 23.8 Å². The fraction of sp³-hybridized carbons (Fsp3) is 0.290. The lowest BCUT2D eigenvalue weighted by molar-refractivity contribution is -0.125. The van der Waals surface area contributed by atoms with Crippen molar-refractivity contribution in [3.8, 4) is 16.8 Å². The Morgan fingerprint density at radius 2 is 1.80 bits per heavy atom. The summed E-state index contributed by atoms with van der Waals surface area (Å²) in [4.78, 5) is 11.5. The van der Waals surface area contributed by atoms with Crippen LogP contribution in [0.5, 0.6) is 0 Å². The van der Waals surface area contributed by atoms with E-state index in [0.717, 1.165) is 18.6 Å². The zero-order chi connectivity index (χ0) is 29.5. The number of aromatic carboxylic acids is 1. The van der Waals surface area contributed by atoms with Crippen molar-refractivity contribution in [2.45, 2.75) is 51.2 Å². The molecule has 7 nitrogen and oxygen atoms in total. The van der Waals surface area contributed by atoms with Crippen molar-refractivity contribution in [1.82, 2.24) is 14.8 Å².